The molecule has 16 heavy (non-hydrogen) atoms. The van der Waals surface area contributed by atoms with Crippen LogP contribution in [-0.4, -0.2) is 47.6 Å². The summed E-state index contributed by atoms with van der Waals surface area (Å²) < 4.78 is 19.0. The van der Waals surface area contributed by atoms with Crippen molar-refractivity contribution in [2.75, 3.05) is 31.5 Å². The Morgan fingerprint density at radius 2 is 2.31 bits per heavy atom. The third-order valence-corrected chi connectivity index (χ3v) is 4.79. The van der Waals surface area contributed by atoms with Crippen LogP contribution in [0.5, 0.6) is 0 Å². The average molecular weight is 293 g/mol. The van der Waals surface area contributed by atoms with Crippen LogP contribution in [0.3, 0.4) is 0 Å². The van der Waals surface area contributed by atoms with Crippen molar-refractivity contribution < 1.29 is 19.2 Å². The van der Waals surface area contributed by atoms with Crippen LogP contribution in [0, 0.1) is 0 Å². The standard InChI is InChI=1S/C7H15Cl2N2O4P/c8-2-4-10-16(13)11(5-3-9)7(15-12)1-6-14-16/h7,12H,1-6H2,(H,10,13)/t7-,16-/m0/s1. The fraction of sp³-hybridized carbons (Fsp3) is 1.00. The van der Waals surface area contributed by atoms with Gasteiger partial charge in [-0.3, -0.25) is 9.82 Å². The van der Waals surface area contributed by atoms with Gasteiger partial charge in [0.05, 0.1) is 6.61 Å². The van der Waals surface area contributed by atoms with Crippen molar-refractivity contribution in [3.8, 4) is 0 Å². The highest BCUT2D eigenvalue weighted by Crippen LogP contribution is 2.51. The van der Waals surface area contributed by atoms with Gasteiger partial charge in [-0.15, -0.1) is 23.2 Å². The SMILES string of the molecule is O=[P@@]1(NCCCl)OCC[C@H](OO)N1CCCl. The second kappa shape index (κ2) is 7.13. The Hall–Kier alpha value is 0.610. The van der Waals surface area contributed by atoms with E-state index in [1.165, 1.54) is 4.67 Å². The maximum atomic E-state index is 12.4. The Balaban J connectivity index is 2.73. The minimum absolute atomic E-state index is 0.247. The topological polar surface area (TPSA) is 71.0 Å². The number of nitrogens with zero attached hydrogens (tertiary/aromatic N) is 1. The number of rotatable bonds is 6. The third-order valence-electron chi connectivity index (χ3n) is 2.14. The van der Waals surface area contributed by atoms with Crippen molar-refractivity contribution in [3.63, 3.8) is 0 Å². The van der Waals surface area contributed by atoms with E-state index < -0.39 is 13.9 Å². The molecule has 1 saturated heterocycles. The Bertz CT molecular complexity index is 259. The van der Waals surface area contributed by atoms with Crippen molar-refractivity contribution in [3.05, 3.63) is 0 Å². The first kappa shape index (κ1) is 14.7. The van der Waals surface area contributed by atoms with E-state index in [-0.39, 0.29) is 12.5 Å². The van der Waals surface area contributed by atoms with Crippen LogP contribution >= 0.6 is 30.9 Å². The predicted molar refractivity (Wildman–Crippen MR) is 61.8 cm³/mol. The highest BCUT2D eigenvalue weighted by Gasteiger charge is 2.41. The third kappa shape index (κ3) is 3.55. The summed E-state index contributed by atoms with van der Waals surface area (Å²) in [6.07, 6.45) is -0.235. The van der Waals surface area contributed by atoms with E-state index in [0.717, 1.165) is 0 Å². The molecule has 2 atom stereocenters. The van der Waals surface area contributed by atoms with Crippen molar-refractivity contribution >= 4 is 30.9 Å². The Morgan fingerprint density at radius 1 is 1.56 bits per heavy atom. The summed E-state index contributed by atoms with van der Waals surface area (Å²) in [4.78, 5) is 4.27. The lowest BCUT2D eigenvalue weighted by Gasteiger charge is -2.38. The van der Waals surface area contributed by atoms with E-state index in [9.17, 15) is 4.57 Å². The van der Waals surface area contributed by atoms with Gasteiger partial charge in [-0.2, -0.15) is 4.67 Å². The predicted octanol–water partition coefficient (Wildman–Crippen LogP) is 1.70. The normalized spacial score (nSPS) is 31.8. The highest BCUT2D eigenvalue weighted by molar-refractivity contribution is 7.54. The molecule has 0 aliphatic carbocycles. The van der Waals surface area contributed by atoms with Crippen molar-refractivity contribution in [2.24, 2.45) is 0 Å². The van der Waals surface area contributed by atoms with Gasteiger partial charge in [0.25, 0.3) is 0 Å². The van der Waals surface area contributed by atoms with E-state index in [0.29, 0.717) is 25.4 Å². The summed E-state index contributed by atoms with van der Waals surface area (Å²) in [5.41, 5.74) is 0. The summed E-state index contributed by atoms with van der Waals surface area (Å²) in [6, 6.07) is 0. The fourth-order valence-corrected chi connectivity index (χ4v) is 4.01. The van der Waals surface area contributed by atoms with Crippen LogP contribution < -0.4 is 5.09 Å². The molecular formula is C7H15Cl2N2O4P. The quantitative estimate of drug-likeness (QED) is 0.336. The van der Waals surface area contributed by atoms with Crippen molar-refractivity contribution in [2.45, 2.75) is 12.6 Å². The van der Waals surface area contributed by atoms with Gasteiger partial charge in [0, 0.05) is 31.3 Å². The summed E-state index contributed by atoms with van der Waals surface area (Å²) in [6.45, 7) is 0.881. The lowest BCUT2D eigenvalue weighted by molar-refractivity contribution is -0.308. The van der Waals surface area contributed by atoms with Crippen LogP contribution in [0.4, 0.5) is 0 Å². The minimum Gasteiger partial charge on any atom is -0.306 e. The van der Waals surface area contributed by atoms with Crippen molar-refractivity contribution in [1.29, 1.82) is 0 Å². The lowest BCUT2D eigenvalue weighted by Crippen LogP contribution is -2.44. The van der Waals surface area contributed by atoms with Gasteiger partial charge in [-0.1, -0.05) is 0 Å². The fourth-order valence-electron chi connectivity index (χ4n) is 1.46. The van der Waals surface area contributed by atoms with E-state index in [1.807, 2.05) is 0 Å². The van der Waals surface area contributed by atoms with Gasteiger partial charge in [-0.25, -0.2) is 9.97 Å². The molecule has 0 aromatic carbocycles. The van der Waals surface area contributed by atoms with Crippen LogP contribution in [0.2, 0.25) is 0 Å². The molecule has 0 spiro atoms. The molecule has 0 unspecified atom stereocenters. The molecule has 1 aliphatic heterocycles. The molecule has 1 rings (SSSR count). The number of alkyl halides is 2. The zero-order chi connectivity index (χ0) is 12.0. The summed E-state index contributed by atoms with van der Waals surface area (Å²) >= 11 is 11.1. The Kier molecular flexibility index (Phi) is 6.54. The average Bonchev–Trinajstić information content (AvgIpc) is 2.30. The molecule has 0 saturated carbocycles. The van der Waals surface area contributed by atoms with E-state index in [4.69, 9.17) is 33.0 Å². The van der Waals surface area contributed by atoms with E-state index in [1.54, 1.807) is 0 Å². The second-order valence-electron chi connectivity index (χ2n) is 3.15. The lowest BCUT2D eigenvalue weighted by atomic mass is 10.4. The van der Waals surface area contributed by atoms with Crippen molar-refractivity contribution in [1.82, 2.24) is 9.76 Å². The smallest absolute Gasteiger partial charge is 0.306 e. The molecule has 2 N–H and O–H groups in total. The molecule has 9 heteroatoms. The van der Waals surface area contributed by atoms with Crippen LogP contribution in [-0.2, 0) is 14.0 Å². The number of hydrogen-bond acceptors (Lipinski definition) is 4. The molecule has 0 aromatic heterocycles. The van der Waals surface area contributed by atoms with Gasteiger partial charge >= 0.3 is 7.67 Å². The summed E-state index contributed by atoms with van der Waals surface area (Å²) in [5, 5.41) is 11.5. The molecule has 0 aromatic rings. The minimum atomic E-state index is -3.20. The first-order valence-electron chi connectivity index (χ1n) is 4.87. The Labute approximate surface area is 104 Å². The number of nitrogens with one attached hydrogen (secondary N) is 1. The maximum Gasteiger partial charge on any atom is 0.345 e. The summed E-state index contributed by atoms with van der Waals surface area (Å²) in [5.74, 6) is 0.572. The zero-order valence-electron chi connectivity index (χ0n) is 8.64. The molecular weight excluding hydrogens is 278 g/mol. The molecule has 0 bridgehead atoms. The second-order valence-corrected chi connectivity index (χ2v) is 6.04. The molecule has 1 heterocycles. The molecule has 1 fully saturated rings. The number of halogens is 2. The Morgan fingerprint density at radius 3 is 2.88 bits per heavy atom. The summed E-state index contributed by atoms with van der Waals surface area (Å²) in [7, 11) is -3.20. The van der Waals surface area contributed by atoms with E-state index >= 15 is 0 Å². The van der Waals surface area contributed by atoms with Gasteiger partial charge in [0.15, 0.2) is 6.23 Å². The molecule has 0 amide bonds. The van der Waals surface area contributed by atoms with Gasteiger partial charge in [-0.05, 0) is 0 Å². The zero-order valence-corrected chi connectivity index (χ0v) is 11.0. The first-order chi connectivity index (χ1) is 7.68. The van der Waals surface area contributed by atoms with Crippen LogP contribution in [0.15, 0.2) is 0 Å². The monoisotopic (exact) mass is 292 g/mol. The van der Waals surface area contributed by atoms with Gasteiger partial charge < -0.3 is 4.52 Å². The largest absolute Gasteiger partial charge is 0.345 e. The highest BCUT2D eigenvalue weighted by atomic mass is 35.5. The molecule has 0 radical (unpaired) electrons. The molecule has 6 nitrogen and oxygen atoms in total. The number of hydrogen-bond donors (Lipinski definition) is 2. The van der Waals surface area contributed by atoms with E-state index in [2.05, 4.69) is 9.97 Å². The molecule has 1 aliphatic rings. The van der Waals surface area contributed by atoms with Gasteiger partial charge in [0.1, 0.15) is 0 Å². The molecule has 96 valence electrons. The maximum absolute atomic E-state index is 12.4. The first-order valence-corrected chi connectivity index (χ1v) is 7.51. The van der Waals surface area contributed by atoms with Crippen LogP contribution in [0.25, 0.3) is 0 Å². The van der Waals surface area contributed by atoms with Gasteiger partial charge in [0.2, 0.25) is 0 Å². The van der Waals surface area contributed by atoms with Crippen LogP contribution in [0.1, 0.15) is 6.42 Å².